The predicted molar refractivity (Wildman–Crippen MR) is 82.3 cm³/mol. The van der Waals surface area contributed by atoms with Crippen molar-refractivity contribution in [2.24, 2.45) is 0 Å². The zero-order valence-electron chi connectivity index (χ0n) is 11.6. The van der Waals surface area contributed by atoms with E-state index in [0.29, 0.717) is 28.3 Å². The standard InChI is InChI=1S/C17H15ClO3/c1-2-16(19)12-6-8-15(9-7-12)21-11-17(20)13-4-3-5-14(18)10-13/h3-10H,2,11H2,1H3. The summed E-state index contributed by atoms with van der Waals surface area (Å²) in [5.41, 5.74) is 1.16. The highest BCUT2D eigenvalue weighted by Crippen LogP contribution is 2.15. The lowest BCUT2D eigenvalue weighted by molar-refractivity contribution is 0.0920. The van der Waals surface area contributed by atoms with Crippen molar-refractivity contribution in [2.45, 2.75) is 13.3 Å². The summed E-state index contributed by atoms with van der Waals surface area (Å²) < 4.78 is 5.43. The van der Waals surface area contributed by atoms with Crippen LogP contribution in [0.15, 0.2) is 48.5 Å². The Morgan fingerprint density at radius 3 is 2.33 bits per heavy atom. The second-order valence-corrected chi connectivity index (χ2v) is 4.96. The molecule has 0 bridgehead atoms. The van der Waals surface area contributed by atoms with Gasteiger partial charge < -0.3 is 4.74 Å². The highest BCUT2D eigenvalue weighted by molar-refractivity contribution is 6.31. The van der Waals surface area contributed by atoms with Gasteiger partial charge in [-0.05, 0) is 36.4 Å². The Hall–Kier alpha value is -2.13. The van der Waals surface area contributed by atoms with Gasteiger partial charge in [0.2, 0.25) is 0 Å². The fraction of sp³-hybridized carbons (Fsp3) is 0.176. The number of halogens is 1. The third-order valence-corrected chi connectivity index (χ3v) is 3.25. The molecule has 0 atom stereocenters. The monoisotopic (exact) mass is 302 g/mol. The lowest BCUT2D eigenvalue weighted by atomic mass is 10.1. The Balaban J connectivity index is 1.97. The molecule has 0 heterocycles. The van der Waals surface area contributed by atoms with Gasteiger partial charge >= 0.3 is 0 Å². The molecule has 0 spiro atoms. The second-order valence-electron chi connectivity index (χ2n) is 4.52. The molecule has 0 aliphatic heterocycles. The minimum atomic E-state index is -0.147. The van der Waals surface area contributed by atoms with Crippen molar-refractivity contribution >= 4 is 23.2 Å². The van der Waals surface area contributed by atoms with Crippen LogP contribution in [0.3, 0.4) is 0 Å². The van der Waals surface area contributed by atoms with E-state index in [9.17, 15) is 9.59 Å². The van der Waals surface area contributed by atoms with E-state index in [1.54, 1.807) is 48.5 Å². The Morgan fingerprint density at radius 2 is 1.71 bits per heavy atom. The second kappa shape index (κ2) is 7.04. The zero-order valence-corrected chi connectivity index (χ0v) is 12.4. The van der Waals surface area contributed by atoms with Gasteiger partial charge in [0.15, 0.2) is 18.2 Å². The van der Waals surface area contributed by atoms with Crippen molar-refractivity contribution in [2.75, 3.05) is 6.61 Å². The number of ketones is 2. The molecule has 0 fully saturated rings. The summed E-state index contributed by atoms with van der Waals surface area (Å²) in [4.78, 5) is 23.5. The van der Waals surface area contributed by atoms with Crippen LogP contribution >= 0.6 is 11.6 Å². The van der Waals surface area contributed by atoms with Crippen LogP contribution in [0.1, 0.15) is 34.1 Å². The van der Waals surface area contributed by atoms with Crippen LogP contribution in [-0.2, 0) is 0 Å². The quantitative estimate of drug-likeness (QED) is 0.751. The maximum absolute atomic E-state index is 12.0. The number of ether oxygens (including phenoxy) is 1. The molecule has 0 aliphatic carbocycles. The molecule has 0 N–H and O–H groups in total. The average molecular weight is 303 g/mol. The van der Waals surface area contributed by atoms with Crippen LogP contribution < -0.4 is 4.74 Å². The molecule has 0 aromatic heterocycles. The SMILES string of the molecule is CCC(=O)c1ccc(OCC(=O)c2cccc(Cl)c2)cc1. The van der Waals surface area contributed by atoms with Crippen molar-refractivity contribution in [1.82, 2.24) is 0 Å². The summed E-state index contributed by atoms with van der Waals surface area (Å²) in [5, 5.41) is 0.517. The smallest absolute Gasteiger partial charge is 0.200 e. The molecule has 2 aromatic carbocycles. The number of Topliss-reactive ketones (excluding diaryl/α,β-unsaturated/α-hetero) is 2. The lowest BCUT2D eigenvalue weighted by Crippen LogP contribution is -2.11. The molecule has 0 saturated heterocycles. The minimum absolute atomic E-state index is 0.0680. The molecular weight excluding hydrogens is 288 g/mol. The van der Waals surface area contributed by atoms with Crippen molar-refractivity contribution in [1.29, 1.82) is 0 Å². The molecule has 0 amide bonds. The van der Waals surface area contributed by atoms with Gasteiger partial charge in [-0.1, -0.05) is 30.7 Å². The number of carbonyl (C=O) groups excluding carboxylic acids is 2. The maximum Gasteiger partial charge on any atom is 0.200 e. The van der Waals surface area contributed by atoms with Crippen molar-refractivity contribution in [3.8, 4) is 5.75 Å². The molecule has 0 aliphatic rings. The summed E-state index contributed by atoms with van der Waals surface area (Å²) in [6.07, 6.45) is 0.466. The number of hydrogen-bond acceptors (Lipinski definition) is 3. The normalized spacial score (nSPS) is 10.2. The summed E-state index contributed by atoms with van der Waals surface area (Å²) in [5.74, 6) is 0.487. The van der Waals surface area contributed by atoms with Crippen LogP contribution in [0.4, 0.5) is 0 Å². The number of hydrogen-bond donors (Lipinski definition) is 0. The number of benzene rings is 2. The Kier molecular flexibility index (Phi) is 5.12. The fourth-order valence-corrected chi connectivity index (χ4v) is 2.03. The molecule has 0 radical (unpaired) electrons. The van der Waals surface area contributed by atoms with Gasteiger partial charge in [0.1, 0.15) is 5.75 Å². The lowest BCUT2D eigenvalue weighted by Gasteiger charge is -2.06. The van der Waals surface area contributed by atoms with E-state index in [4.69, 9.17) is 16.3 Å². The highest BCUT2D eigenvalue weighted by atomic mass is 35.5. The van der Waals surface area contributed by atoms with Gasteiger partial charge in [0, 0.05) is 22.6 Å². The fourth-order valence-electron chi connectivity index (χ4n) is 1.84. The van der Waals surface area contributed by atoms with Crippen molar-refractivity contribution in [3.63, 3.8) is 0 Å². The molecule has 0 unspecified atom stereocenters. The summed E-state index contributed by atoms with van der Waals surface area (Å²) in [6, 6.07) is 13.5. The van der Waals surface area contributed by atoms with Crippen LogP contribution in [0.25, 0.3) is 0 Å². The Labute approximate surface area is 128 Å². The topological polar surface area (TPSA) is 43.4 Å². The van der Waals surface area contributed by atoms with Crippen LogP contribution in [0, 0.1) is 0 Å². The minimum Gasteiger partial charge on any atom is -0.485 e. The first kappa shape index (κ1) is 15.3. The first-order valence-corrected chi connectivity index (χ1v) is 7.02. The van der Waals surface area contributed by atoms with E-state index >= 15 is 0 Å². The summed E-state index contributed by atoms with van der Waals surface area (Å²) >= 11 is 5.84. The van der Waals surface area contributed by atoms with Crippen molar-refractivity contribution < 1.29 is 14.3 Å². The van der Waals surface area contributed by atoms with Gasteiger partial charge in [0.05, 0.1) is 0 Å². The van der Waals surface area contributed by atoms with Gasteiger partial charge in [-0.15, -0.1) is 0 Å². The molecule has 4 heteroatoms. The Bertz CT molecular complexity index is 647. The molecule has 108 valence electrons. The molecule has 3 nitrogen and oxygen atoms in total. The zero-order chi connectivity index (χ0) is 15.2. The molecule has 21 heavy (non-hydrogen) atoms. The molecule has 2 aromatic rings. The van der Waals surface area contributed by atoms with Crippen LogP contribution in [0.5, 0.6) is 5.75 Å². The van der Waals surface area contributed by atoms with Gasteiger partial charge in [-0.2, -0.15) is 0 Å². The third kappa shape index (κ3) is 4.17. The van der Waals surface area contributed by atoms with Gasteiger partial charge in [-0.3, -0.25) is 9.59 Å². The van der Waals surface area contributed by atoms with Gasteiger partial charge in [-0.25, -0.2) is 0 Å². The first-order valence-electron chi connectivity index (χ1n) is 6.65. The van der Waals surface area contributed by atoms with Crippen LogP contribution in [0.2, 0.25) is 5.02 Å². The predicted octanol–water partition coefficient (Wildman–Crippen LogP) is 4.19. The third-order valence-electron chi connectivity index (χ3n) is 3.01. The maximum atomic E-state index is 12.0. The van der Waals surface area contributed by atoms with E-state index in [2.05, 4.69) is 0 Å². The van der Waals surface area contributed by atoms with E-state index in [0.717, 1.165) is 0 Å². The number of rotatable bonds is 6. The Morgan fingerprint density at radius 1 is 1.00 bits per heavy atom. The summed E-state index contributed by atoms with van der Waals surface area (Å²) in [7, 11) is 0. The van der Waals surface area contributed by atoms with E-state index < -0.39 is 0 Å². The number of carbonyl (C=O) groups is 2. The average Bonchev–Trinajstić information content (AvgIpc) is 2.52. The van der Waals surface area contributed by atoms with E-state index in [1.807, 2.05) is 6.92 Å². The van der Waals surface area contributed by atoms with E-state index in [1.165, 1.54) is 0 Å². The largest absolute Gasteiger partial charge is 0.485 e. The molecular formula is C17H15ClO3. The summed E-state index contributed by atoms with van der Waals surface area (Å²) in [6.45, 7) is 1.75. The molecule has 2 rings (SSSR count). The molecule has 0 saturated carbocycles. The highest BCUT2D eigenvalue weighted by Gasteiger charge is 2.08. The van der Waals surface area contributed by atoms with Crippen molar-refractivity contribution in [3.05, 3.63) is 64.7 Å². The van der Waals surface area contributed by atoms with Crippen LogP contribution in [-0.4, -0.2) is 18.2 Å². The first-order chi connectivity index (χ1) is 10.1. The van der Waals surface area contributed by atoms with E-state index in [-0.39, 0.29) is 18.2 Å². The van der Waals surface area contributed by atoms with Gasteiger partial charge in [0.25, 0.3) is 0 Å².